The molecule has 1 saturated heterocycles. The minimum Gasteiger partial charge on any atom is -0.286 e. The SMILES string of the molecule is Brc1ccc(C#C[C@H](c2ccc3ccccc3c2)N2CCCC2)cc1. The molecule has 0 unspecified atom stereocenters. The molecule has 1 heterocycles. The standard InChI is InChI=1S/C23H20BrN/c24-22-12-7-18(8-13-22)9-14-23(25-15-3-4-16-25)21-11-10-19-5-1-2-6-20(19)17-21/h1-2,5-8,10-13,17,23H,3-4,15-16H2/t23-/m1/s1. The molecule has 0 spiro atoms. The normalized spacial score (nSPS) is 15.7. The Morgan fingerprint density at radius 1 is 0.840 bits per heavy atom. The van der Waals surface area contributed by atoms with E-state index in [1.54, 1.807) is 0 Å². The molecule has 0 aliphatic carbocycles. The number of hydrogen-bond acceptors (Lipinski definition) is 1. The molecule has 1 fully saturated rings. The van der Waals surface area contributed by atoms with E-state index in [1.807, 2.05) is 12.1 Å². The summed E-state index contributed by atoms with van der Waals surface area (Å²) < 4.78 is 1.09. The minimum atomic E-state index is 0.163. The average molecular weight is 390 g/mol. The lowest BCUT2D eigenvalue weighted by molar-refractivity contribution is 0.296. The van der Waals surface area contributed by atoms with Gasteiger partial charge in [-0.3, -0.25) is 4.90 Å². The molecule has 124 valence electrons. The van der Waals surface area contributed by atoms with Crippen molar-refractivity contribution < 1.29 is 0 Å². The Balaban J connectivity index is 1.71. The first kappa shape index (κ1) is 16.4. The number of hydrogen-bond donors (Lipinski definition) is 0. The van der Waals surface area contributed by atoms with Gasteiger partial charge in [0.25, 0.3) is 0 Å². The topological polar surface area (TPSA) is 3.24 Å². The lowest BCUT2D eigenvalue weighted by Gasteiger charge is -2.23. The second-order valence-corrected chi connectivity index (χ2v) is 7.44. The Kier molecular flexibility index (Phi) is 4.88. The van der Waals surface area contributed by atoms with Crippen LogP contribution in [0.4, 0.5) is 0 Å². The largest absolute Gasteiger partial charge is 0.286 e. The number of fused-ring (bicyclic) bond motifs is 1. The fraction of sp³-hybridized carbons (Fsp3) is 0.217. The number of benzene rings is 3. The van der Waals surface area contributed by atoms with E-state index in [2.05, 4.69) is 87.3 Å². The van der Waals surface area contributed by atoms with E-state index in [1.165, 1.54) is 29.2 Å². The summed E-state index contributed by atoms with van der Waals surface area (Å²) >= 11 is 3.48. The predicted octanol–water partition coefficient (Wildman–Crippen LogP) is 5.79. The number of rotatable bonds is 2. The second-order valence-electron chi connectivity index (χ2n) is 6.53. The van der Waals surface area contributed by atoms with Crippen LogP contribution in [0.3, 0.4) is 0 Å². The summed E-state index contributed by atoms with van der Waals surface area (Å²) in [5, 5.41) is 2.57. The van der Waals surface area contributed by atoms with E-state index in [0.29, 0.717) is 0 Å². The molecule has 1 aliphatic heterocycles. The van der Waals surface area contributed by atoms with Crippen molar-refractivity contribution in [2.75, 3.05) is 13.1 Å². The van der Waals surface area contributed by atoms with E-state index < -0.39 is 0 Å². The van der Waals surface area contributed by atoms with Crippen molar-refractivity contribution in [1.82, 2.24) is 4.90 Å². The van der Waals surface area contributed by atoms with Gasteiger partial charge >= 0.3 is 0 Å². The van der Waals surface area contributed by atoms with Crippen LogP contribution in [-0.4, -0.2) is 18.0 Å². The first-order valence-corrected chi connectivity index (χ1v) is 9.59. The zero-order valence-electron chi connectivity index (χ0n) is 14.1. The summed E-state index contributed by atoms with van der Waals surface area (Å²) in [7, 11) is 0. The summed E-state index contributed by atoms with van der Waals surface area (Å²) in [6, 6.07) is 23.7. The Morgan fingerprint density at radius 3 is 2.32 bits per heavy atom. The van der Waals surface area contributed by atoms with Crippen LogP contribution in [0.5, 0.6) is 0 Å². The van der Waals surface area contributed by atoms with Crippen LogP contribution in [0.15, 0.2) is 71.2 Å². The zero-order valence-corrected chi connectivity index (χ0v) is 15.7. The second kappa shape index (κ2) is 7.44. The third-order valence-electron chi connectivity index (χ3n) is 4.79. The maximum atomic E-state index is 3.54. The van der Waals surface area contributed by atoms with Crippen LogP contribution < -0.4 is 0 Å². The van der Waals surface area contributed by atoms with Gasteiger partial charge in [0.1, 0.15) is 0 Å². The van der Waals surface area contributed by atoms with Crippen molar-refractivity contribution in [2.45, 2.75) is 18.9 Å². The van der Waals surface area contributed by atoms with Crippen LogP contribution in [0.2, 0.25) is 0 Å². The van der Waals surface area contributed by atoms with Crippen LogP contribution in [-0.2, 0) is 0 Å². The Morgan fingerprint density at radius 2 is 1.56 bits per heavy atom. The van der Waals surface area contributed by atoms with Crippen LogP contribution >= 0.6 is 15.9 Å². The van der Waals surface area contributed by atoms with Gasteiger partial charge in [-0.2, -0.15) is 0 Å². The Hall–Kier alpha value is -2.08. The zero-order chi connectivity index (χ0) is 17.1. The van der Waals surface area contributed by atoms with E-state index in [4.69, 9.17) is 0 Å². The van der Waals surface area contributed by atoms with E-state index >= 15 is 0 Å². The molecule has 4 rings (SSSR count). The number of nitrogens with zero attached hydrogens (tertiary/aromatic N) is 1. The predicted molar refractivity (Wildman–Crippen MR) is 109 cm³/mol. The minimum absolute atomic E-state index is 0.163. The van der Waals surface area contributed by atoms with E-state index in [-0.39, 0.29) is 6.04 Å². The summed E-state index contributed by atoms with van der Waals surface area (Å²) in [4.78, 5) is 2.51. The lowest BCUT2D eigenvalue weighted by Crippen LogP contribution is -2.24. The van der Waals surface area contributed by atoms with E-state index in [9.17, 15) is 0 Å². The summed E-state index contributed by atoms with van der Waals surface area (Å²) in [6.07, 6.45) is 2.54. The van der Waals surface area contributed by atoms with Gasteiger partial charge in [0.05, 0.1) is 6.04 Å². The molecular weight excluding hydrogens is 370 g/mol. The molecule has 3 aromatic rings. The maximum absolute atomic E-state index is 3.54. The highest BCUT2D eigenvalue weighted by Crippen LogP contribution is 2.27. The maximum Gasteiger partial charge on any atom is 0.0974 e. The van der Waals surface area contributed by atoms with Gasteiger partial charge in [-0.1, -0.05) is 64.2 Å². The fourth-order valence-electron chi connectivity index (χ4n) is 3.45. The van der Waals surface area contributed by atoms with E-state index in [0.717, 1.165) is 23.1 Å². The van der Waals surface area contributed by atoms with Gasteiger partial charge < -0.3 is 0 Å². The van der Waals surface area contributed by atoms with Crippen molar-refractivity contribution in [3.63, 3.8) is 0 Å². The highest BCUT2D eigenvalue weighted by atomic mass is 79.9. The molecule has 0 bridgehead atoms. The van der Waals surface area contributed by atoms with Gasteiger partial charge in [0, 0.05) is 10.0 Å². The molecule has 0 amide bonds. The Bertz CT molecular complexity index is 927. The van der Waals surface area contributed by atoms with Gasteiger partial charge in [-0.05, 0) is 72.6 Å². The molecule has 0 saturated carbocycles. The molecule has 1 nitrogen and oxygen atoms in total. The summed E-state index contributed by atoms with van der Waals surface area (Å²) in [5.41, 5.74) is 2.36. The third-order valence-corrected chi connectivity index (χ3v) is 5.32. The van der Waals surface area contributed by atoms with Gasteiger partial charge in [0.2, 0.25) is 0 Å². The smallest absolute Gasteiger partial charge is 0.0974 e. The van der Waals surface area contributed by atoms with Crippen molar-refractivity contribution in [1.29, 1.82) is 0 Å². The molecular formula is C23H20BrN. The van der Waals surface area contributed by atoms with Crippen molar-refractivity contribution in [2.24, 2.45) is 0 Å². The highest BCUT2D eigenvalue weighted by molar-refractivity contribution is 9.10. The first-order chi connectivity index (χ1) is 12.3. The molecule has 25 heavy (non-hydrogen) atoms. The van der Waals surface area contributed by atoms with Gasteiger partial charge in [-0.25, -0.2) is 0 Å². The fourth-order valence-corrected chi connectivity index (χ4v) is 3.71. The van der Waals surface area contributed by atoms with Crippen LogP contribution in [0.1, 0.15) is 30.0 Å². The summed E-state index contributed by atoms with van der Waals surface area (Å²) in [6.45, 7) is 2.26. The molecule has 1 atom stereocenters. The van der Waals surface area contributed by atoms with Crippen molar-refractivity contribution in [3.8, 4) is 11.8 Å². The van der Waals surface area contributed by atoms with Crippen molar-refractivity contribution >= 4 is 26.7 Å². The summed E-state index contributed by atoms with van der Waals surface area (Å²) in [5.74, 6) is 6.92. The molecule has 0 radical (unpaired) electrons. The van der Waals surface area contributed by atoms with Crippen LogP contribution in [0, 0.1) is 11.8 Å². The highest BCUT2D eigenvalue weighted by Gasteiger charge is 2.21. The Labute approximate surface area is 157 Å². The quantitative estimate of drug-likeness (QED) is 0.501. The number of likely N-dealkylation sites (tertiary alicyclic amines) is 1. The number of halogens is 1. The monoisotopic (exact) mass is 389 g/mol. The van der Waals surface area contributed by atoms with Crippen molar-refractivity contribution in [3.05, 3.63) is 82.3 Å². The molecule has 2 heteroatoms. The molecule has 0 N–H and O–H groups in total. The third kappa shape index (κ3) is 3.79. The first-order valence-electron chi connectivity index (χ1n) is 8.79. The van der Waals surface area contributed by atoms with Gasteiger partial charge in [-0.15, -0.1) is 0 Å². The van der Waals surface area contributed by atoms with Crippen LogP contribution in [0.25, 0.3) is 10.8 Å². The average Bonchev–Trinajstić information content (AvgIpc) is 3.18. The molecule has 0 aromatic heterocycles. The van der Waals surface area contributed by atoms with Gasteiger partial charge in [0.15, 0.2) is 0 Å². The molecule has 1 aliphatic rings. The lowest BCUT2D eigenvalue weighted by atomic mass is 10.0. The molecule has 3 aromatic carbocycles.